The molecule has 0 atom stereocenters. The molecule has 0 unspecified atom stereocenters. The van der Waals surface area contributed by atoms with E-state index in [1.54, 1.807) is 33.8 Å². The lowest BCUT2D eigenvalue weighted by Crippen LogP contribution is -2.29. The smallest absolute Gasteiger partial charge is 0.338 e. The van der Waals surface area contributed by atoms with Crippen molar-refractivity contribution in [2.45, 2.75) is 39.5 Å². The average Bonchev–Trinajstić information content (AvgIpc) is 3.34. The van der Waals surface area contributed by atoms with E-state index in [-0.39, 0.29) is 60.1 Å². The van der Waals surface area contributed by atoms with Crippen LogP contribution in [0.3, 0.4) is 0 Å². The number of esters is 5. The number of hydrogen-bond acceptors (Lipinski definition) is 12. The van der Waals surface area contributed by atoms with Crippen molar-refractivity contribution in [3.8, 4) is 5.95 Å². The minimum absolute atomic E-state index is 0.0140. The van der Waals surface area contributed by atoms with Crippen LogP contribution in [-0.4, -0.2) is 77.9 Å². The van der Waals surface area contributed by atoms with Crippen LogP contribution >= 0.6 is 0 Å². The first-order valence-corrected chi connectivity index (χ1v) is 13.0. The maximum atomic E-state index is 13.2. The summed E-state index contributed by atoms with van der Waals surface area (Å²) < 4.78 is 27.0. The maximum absolute atomic E-state index is 13.2. The van der Waals surface area contributed by atoms with Gasteiger partial charge in [-0.25, -0.2) is 14.8 Å². The summed E-state index contributed by atoms with van der Waals surface area (Å²) in [6.45, 7) is 6.18. The SMILES string of the molecule is CCOC(=O)C(C(=O)OCC)c1ccc(C(=O)OC)c2cc(C(C(=O)OCC)C(=O)OCC)n(-c3ncccn3)c12. The molecule has 13 nitrogen and oxygen atoms in total. The van der Waals surface area contributed by atoms with Crippen molar-refractivity contribution < 1.29 is 47.7 Å². The molecule has 0 aliphatic heterocycles. The molecule has 3 aromatic rings. The van der Waals surface area contributed by atoms with E-state index < -0.39 is 41.7 Å². The Morgan fingerprint density at radius 2 is 1.24 bits per heavy atom. The number of fused-ring (bicyclic) bond motifs is 1. The first kappa shape index (κ1) is 30.7. The molecule has 41 heavy (non-hydrogen) atoms. The number of carbonyl (C=O) groups is 5. The predicted molar refractivity (Wildman–Crippen MR) is 142 cm³/mol. The molecule has 0 saturated carbocycles. The van der Waals surface area contributed by atoms with Gasteiger partial charge >= 0.3 is 29.8 Å². The molecule has 13 heteroatoms. The fourth-order valence-electron chi connectivity index (χ4n) is 4.31. The maximum Gasteiger partial charge on any atom is 0.338 e. The summed E-state index contributed by atoms with van der Waals surface area (Å²) >= 11 is 0. The van der Waals surface area contributed by atoms with Crippen LogP contribution in [0.2, 0.25) is 0 Å². The molecule has 0 saturated heterocycles. The van der Waals surface area contributed by atoms with Gasteiger partial charge in [0.25, 0.3) is 0 Å². The summed E-state index contributed by atoms with van der Waals surface area (Å²) in [5.41, 5.74) is 0.0980. The molecule has 0 amide bonds. The van der Waals surface area contributed by atoms with Crippen molar-refractivity contribution in [3.05, 3.63) is 53.5 Å². The fourth-order valence-corrected chi connectivity index (χ4v) is 4.31. The van der Waals surface area contributed by atoms with Crippen molar-refractivity contribution in [2.24, 2.45) is 0 Å². The molecule has 0 aliphatic carbocycles. The van der Waals surface area contributed by atoms with Crippen molar-refractivity contribution >= 4 is 40.7 Å². The summed E-state index contributed by atoms with van der Waals surface area (Å²) in [7, 11) is 1.18. The van der Waals surface area contributed by atoms with Gasteiger partial charge in [0, 0.05) is 23.3 Å². The Morgan fingerprint density at radius 1 is 0.756 bits per heavy atom. The third-order valence-electron chi connectivity index (χ3n) is 5.88. The molecule has 0 N–H and O–H groups in total. The largest absolute Gasteiger partial charge is 0.465 e. The lowest BCUT2D eigenvalue weighted by Gasteiger charge is -2.20. The highest BCUT2D eigenvalue weighted by atomic mass is 16.6. The van der Waals surface area contributed by atoms with E-state index in [0.29, 0.717) is 0 Å². The Kier molecular flexibility index (Phi) is 10.5. The predicted octanol–water partition coefficient (Wildman–Crippen LogP) is 2.63. The van der Waals surface area contributed by atoms with Gasteiger partial charge in [-0.15, -0.1) is 0 Å². The van der Waals surface area contributed by atoms with Crippen LogP contribution < -0.4 is 0 Å². The third kappa shape index (κ3) is 6.34. The summed E-state index contributed by atoms with van der Waals surface area (Å²) in [5.74, 6) is -7.72. The lowest BCUT2D eigenvalue weighted by molar-refractivity contribution is -0.159. The normalized spacial score (nSPS) is 10.9. The summed E-state index contributed by atoms with van der Waals surface area (Å²) in [6.07, 6.45) is 2.83. The van der Waals surface area contributed by atoms with Crippen molar-refractivity contribution in [2.75, 3.05) is 33.5 Å². The van der Waals surface area contributed by atoms with Gasteiger partial charge in [-0.1, -0.05) is 6.07 Å². The highest BCUT2D eigenvalue weighted by Gasteiger charge is 2.40. The Hall–Kier alpha value is -4.81. The number of aromatic nitrogens is 3. The second-order valence-corrected chi connectivity index (χ2v) is 8.28. The molecule has 2 aromatic heterocycles. The topological polar surface area (TPSA) is 162 Å². The van der Waals surface area contributed by atoms with Gasteiger partial charge in [-0.3, -0.25) is 23.7 Å². The molecular formula is C28H31N3O10. The Labute approximate surface area is 235 Å². The Balaban J connectivity index is 2.56. The molecule has 0 bridgehead atoms. The monoisotopic (exact) mass is 569 g/mol. The molecule has 0 fully saturated rings. The Morgan fingerprint density at radius 3 is 1.71 bits per heavy atom. The van der Waals surface area contributed by atoms with E-state index in [2.05, 4.69) is 9.97 Å². The van der Waals surface area contributed by atoms with E-state index in [4.69, 9.17) is 23.7 Å². The number of methoxy groups -OCH3 is 1. The zero-order valence-electron chi connectivity index (χ0n) is 23.4. The van der Waals surface area contributed by atoms with Crippen LogP contribution in [0.4, 0.5) is 0 Å². The molecule has 218 valence electrons. The molecule has 1 aromatic carbocycles. The molecule has 3 rings (SSSR count). The summed E-state index contributed by atoms with van der Waals surface area (Å²) in [5, 5.41) is 0.133. The summed E-state index contributed by atoms with van der Waals surface area (Å²) in [6, 6.07) is 5.66. The number of benzene rings is 1. The Bertz CT molecular complexity index is 1400. The van der Waals surface area contributed by atoms with Crippen LogP contribution in [0.15, 0.2) is 36.7 Å². The van der Waals surface area contributed by atoms with Crippen LogP contribution in [0.5, 0.6) is 0 Å². The molecule has 0 radical (unpaired) electrons. The van der Waals surface area contributed by atoms with Crippen LogP contribution in [0.25, 0.3) is 16.9 Å². The van der Waals surface area contributed by atoms with Crippen molar-refractivity contribution in [3.63, 3.8) is 0 Å². The summed E-state index contributed by atoms with van der Waals surface area (Å²) in [4.78, 5) is 74.1. The first-order valence-electron chi connectivity index (χ1n) is 13.0. The van der Waals surface area contributed by atoms with Gasteiger partial charge < -0.3 is 23.7 Å². The molecular weight excluding hydrogens is 538 g/mol. The zero-order chi connectivity index (χ0) is 30.1. The van der Waals surface area contributed by atoms with Crippen LogP contribution in [0.1, 0.15) is 61.1 Å². The lowest BCUT2D eigenvalue weighted by atomic mass is 9.94. The fraction of sp³-hybridized carbons (Fsp3) is 0.393. The quantitative estimate of drug-likeness (QED) is 0.178. The molecule has 0 spiro atoms. The van der Waals surface area contributed by atoms with Gasteiger partial charge in [-0.05, 0) is 45.9 Å². The van der Waals surface area contributed by atoms with Gasteiger partial charge in [0.15, 0.2) is 11.8 Å². The van der Waals surface area contributed by atoms with E-state index >= 15 is 0 Å². The van der Waals surface area contributed by atoms with E-state index in [0.717, 1.165) is 0 Å². The first-order chi connectivity index (χ1) is 19.7. The number of nitrogens with zero attached hydrogens (tertiary/aromatic N) is 3. The second kappa shape index (κ2) is 14.0. The van der Waals surface area contributed by atoms with Crippen molar-refractivity contribution in [1.29, 1.82) is 0 Å². The van der Waals surface area contributed by atoms with Crippen LogP contribution in [0, 0.1) is 0 Å². The highest BCUT2D eigenvalue weighted by molar-refractivity contribution is 6.11. The number of rotatable bonds is 12. The minimum Gasteiger partial charge on any atom is -0.465 e. The number of hydrogen-bond donors (Lipinski definition) is 0. The van der Waals surface area contributed by atoms with Crippen molar-refractivity contribution in [1.82, 2.24) is 14.5 Å². The van der Waals surface area contributed by atoms with Gasteiger partial charge in [0.1, 0.15) is 0 Å². The molecule has 0 aliphatic rings. The number of ether oxygens (including phenoxy) is 5. The van der Waals surface area contributed by atoms with Gasteiger partial charge in [0.2, 0.25) is 5.95 Å². The van der Waals surface area contributed by atoms with E-state index in [9.17, 15) is 24.0 Å². The average molecular weight is 570 g/mol. The van der Waals surface area contributed by atoms with Gasteiger partial charge in [-0.2, -0.15) is 0 Å². The van der Waals surface area contributed by atoms with E-state index in [1.807, 2.05) is 0 Å². The standard InChI is InChI=1S/C28H31N3O10/c1-6-38-24(33)20(25(34)39-7-2)17-12-11-16(23(32)37-5)18-15-19(21(26(35)40-8-3)27(36)41-9-4)31(22(17)18)28-29-13-10-14-30-28/h10-15,20-21H,6-9H2,1-5H3. The zero-order valence-corrected chi connectivity index (χ0v) is 23.4. The third-order valence-corrected chi connectivity index (χ3v) is 5.88. The second-order valence-electron chi connectivity index (χ2n) is 8.28. The highest BCUT2D eigenvalue weighted by Crippen LogP contribution is 2.37. The van der Waals surface area contributed by atoms with Gasteiger partial charge in [0.05, 0.1) is 50.3 Å². The van der Waals surface area contributed by atoms with Crippen LogP contribution in [-0.2, 0) is 42.9 Å². The number of carbonyl (C=O) groups excluding carboxylic acids is 5. The van der Waals surface area contributed by atoms with E-state index in [1.165, 1.54) is 42.3 Å². The molecule has 2 heterocycles. The minimum atomic E-state index is -1.65.